The lowest BCUT2D eigenvalue weighted by Gasteiger charge is -2.30. The quantitative estimate of drug-likeness (QED) is 0.265. The van der Waals surface area contributed by atoms with Crippen molar-refractivity contribution in [2.45, 2.75) is 19.6 Å². The molecular formula is C28H28Cl2N4O5. The van der Waals surface area contributed by atoms with Crippen LogP contribution in [0.15, 0.2) is 66.7 Å². The number of nitrogens with one attached hydrogen (secondary N) is 2. The highest BCUT2D eigenvalue weighted by Crippen LogP contribution is 2.34. The molecule has 0 unspecified atom stereocenters. The molecule has 0 fully saturated rings. The summed E-state index contributed by atoms with van der Waals surface area (Å²) in [6, 6.07) is 20.1. The van der Waals surface area contributed by atoms with Gasteiger partial charge >= 0.3 is 6.03 Å². The molecule has 0 bridgehead atoms. The lowest BCUT2D eigenvalue weighted by Crippen LogP contribution is -2.38. The van der Waals surface area contributed by atoms with Gasteiger partial charge in [0.05, 0.1) is 15.6 Å². The minimum absolute atomic E-state index is 0.101. The number of rotatable bonds is 9. The van der Waals surface area contributed by atoms with Crippen LogP contribution in [-0.2, 0) is 29.1 Å². The van der Waals surface area contributed by atoms with E-state index in [1.807, 2.05) is 60.7 Å². The van der Waals surface area contributed by atoms with Crippen molar-refractivity contribution in [2.75, 3.05) is 19.6 Å². The van der Waals surface area contributed by atoms with E-state index in [0.717, 1.165) is 11.1 Å². The summed E-state index contributed by atoms with van der Waals surface area (Å²) in [5.41, 5.74) is 8.16. The van der Waals surface area contributed by atoms with Crippen LogP contribution < -0.4 is 16.4 Å². The molecule has 11 heteroatoms. The zero-order valence-electron chi connectivity index (χ0n) is 21.0. The van der Waals surface area contributed by atoms with Crippen molar-refractivity contribution in [3.05, 3.63) is 105 Å². The summed E-state index contributed by atoms with van der Waals surface area (Å²) in [6.45, 7) is 2.13. The first-order chi connectivity index (χ1) is 18.8. The third-order valence-corrected chi connectivity index (χ3v) is 6.50. The van der Waals surface area contributed by atoms with Gasteiger partial charge in [0.2, 0.25) is 0 Å². The van der Waals surface area contributed by atoms with Crippen molar-refractivity contribution in [1.82, 2.24) is 15.5 Å². The lowest BCUT2D eigenvalue weighted by molar-refractivity contribution is -0.129. The number of ether oxygens (including phenoxy) is 1. The number of urea groups is 1. The molecule has 1 aliphatic heterocycles. The topological polar surface area (TPSA) is 131 Å². The van der Waals surface area contributed by atoms with E-state index in [0.29, 0.717) is 43.7 Å². The molecule has 1 aliphatic rings. The van der Waals surface area contributed by atoms with Gasteiger partial charge in [0, 0.05) is 31.7 Å². The van der Waals surface area contributed by atoms with Crippen molar-refractivity contribution in [3.63, 3.8) is 0 Å². The number of primary amides is 1. The Bertz CT molecular complexity index is 1310. The fourth-order valence-electron chi connectivity index (χ4n) is 3.93. The Balaban J connectivity index is 0.000000353. The maximum Gasteiger partial charge on any atom is 0.312 e. The standard InChI is InChI=1S/C20H20Cl2N4O3.C8H8O2/c21-15-10-14-13(17(22)16(15)18(27)24-7-8-25-20(23)29)6-9-26(19(14)28)11-12-4-2-1-3-5-12;9-7-10-6-8-4-2-1-3-5-8/h1-5,10H,6-9,11H2,(H,24,27)(H3,23,25,29);1-5,7H,6H2. The van der Waals surface area contributed by atoms with E-state index in [1.54, 1.807) is 4.90 Å². The molecule has 0 saturated carbocycles. The van der Waals surface area contributed by atoms with Crippen LogP contribution in [0.5, 0.6) is 0 Å². The van der Waals surface area contributed by atoms with Crippen molar-refractivity contribution in [3.8, 4) is 0 Å². The molecule has 4 amide bonds. The van der Waals surface area contributed by atoms with Gasteiger partial charge in [0.25, 0.3) is 18.3 Å². The molecule has 39 heavy (non-hydrogen) atoms. The van der Waals surface area contributed by atoms with Crippen LogP contribution in [0.2, 0.25) is 10.0 Å². The van der Waals surface area contributed by atoms with Crippen LogP contribution in [0.3, 0.4) is 0 Å². The fraction of sp³-hybridized carbons (Fsp3) is 0.214. The molecular weight excluding hydrogens is 543 g/mol. The van der Waals surface area contributed by atoms with E-state index < -0.39 is 11.9 Å². The fourth-order valence-corrected chi connectivity index (χ4v) is 4.65. The molecule has 4 rings (SSSR count). The van der Waals surface area contributed by atoms with Crippen molar-refractivity contribution in [2.24, 2.45) is 5.73 Å². The van der Waals surface area contributed by atoms with Crippen LogP contribution >= 0.6 is 23.2 Å². The van der Waals surface area contributed by atoms with E-state index in [2.05, 4.69) is 15.4 Å². The molecule has 0 saturated heterocycles. The maximum absolute atomic E-state index is 12.9. The smallest absolute Gasteiger partial charge is 0.312 e. The molecule has 3 aromatic carbocycles. The van der Waals surface area contributed by atoms with Crippen LogP contribution in [0.4, 0.5) is 4.79 Å². The Labute approximate surface area is 236 Å². The summed E-state index contributed by atoms with van der Waals surface area (Å²) >= 11 is 12.7. The van der Waals surface area contributed by atoms with Gasteiger partial charge in [0.1, 0.15) is 6.61 Å². The Morgan fingerprint density at radius 2 is 1.59 bits per heavy atom. The number of nitrogens with two attached hydrogens (primary N) is 1. The predicted molar refractivity (Wildman–Crippen MR) is 149 cm³/mol. The zero-order chi connectivity index (χ0) is 28.2. The number of halogens is 2. The van der Waals surface area contributed by atoms with Gasteiger partial charge in [-0.1, -0.05) is 83.9 Å². The molecule has 3 aromatic rings. The number of amides is 4. The molecule has 0 atom stereocenters. The number of benzene rings is 3. The number of carbonyl (C=O) groups excluding carboxylic acids is 4. The summed E-state index contributed by atoms with van der Waals surface area (Å²) in [4.78, 5) is 47.6. The van der Waals surface area contributed by atoms with Crippen LogP contribution in [0.1, 0.15) is 37.4 Å². The minimum atomic E-state index is -0.678. The predicted octanol–water partition coefficient (Wildman–Crippen LogP) is 3.95. The van der Waals surface area contributed by atoms with E-state index in [-0.39, 0.29) is 34.6 Å². The summed E-state index contributed by atoms with van der Waals surface area (Å²) < 4.78 is 4.54. The minimum Gasteiger partial charge on any atom is -0.463 e. The Morgan fingerprint density at radius 1 is 0.974 bits per heavy atom. The second-order valence-electron chi connectivity index (χ2n) is 8.48. The summed E-state index contributed by atoms with van der Waals surface area (Å²) in [5.74, 6) is -0.648. The zero-order valence-corrected chi connectivity index (χ0v) is 22.5. The second-order valence-corrected chi connectivity index (χ2v) is 9.26. The molecule has 0 radical (unpaired) electrons. The van der Waals surface area contributed by atoms with Crippen molar-refractivity contribution >= 4 is 47.5 Å². The van der Waals surface area contributed by atoms with Gasteiger partial charge in [-0.2, -0.15) is 0 Å². The number of hydrogen-bond acceptors (Lipinski definition) is 5. The van der Waals surface area contributed by atoms with E-state index in [4.69, 9.17) is 28.9 Å². The monoisotopic (exact) mass is 570 g/mol. The Morgan fingerprint density at radius 3 is 2.21 bits per heavy atom. The van der Waals surface area contributed by atoms with Gasteiger partial charge in [-0.15, -0.1) is 0 Å². The van der Waals surface area contributed by atoms with E-state index in [9.17, 15) is 19.2 Å². The molecule has 9 nitrogen and oxygen atoms in total. The molecule has 0 spiro atoms. The Hall–Kier alpha value is -4.08. The summed E-state index contributed by atoms with van der Waals surface area (Å²) in [6.07, 6.45) is 0.521. The molecule has 0 aromatic heterocycles. The van der Waals surface area contributed by atoms with E-state index in [1.165, 1.54) is 6.07 Å². The third-order valence-electron chi connectivity index (χ3n) is 5.78. The van der Waals surface area contributed by atoms with Crippen LogP contribution in [0.25, 0.3) is 0 Å². The number of carbonyl (C=O) groups is 4. The summed E-state index contributed by atoms with van der Waals surface area (Å²) in [5, 5.41) is 5.27. The molecule has 204 valence electrons. The van der Waals surface area contributed by atoms with Crippen LogP contribution in [-0.4, -0.2) is 48.9 Å². The Kier molecular flexibility index (Phi) is 11.1. The highest BCUT2D eigenvalue weighted by molar-refractivity contribution is 6.41. The third kappa shape index (κ3) is 8.46. The maximum atomic E-state index is 12.9. The largest absolute Gasteiger partial charge is 0.463 e. The van der Waals surface area contributed by atoms with E-state index >= 15 is 0 Å². The number of nitrogens with zero attached hydrogens (tertiary/aromatic N) is 1. The summed E-state index contributed by atoms with van der Waals surface area (Å²) in [7, 11) is 0. The SMILES string of the molecule is NC(=O)NCCNC(=O)c1c(Cl)cc2c(c1Cl)CCN(Cc1ccccc1)C2=O.O=COCc1ccccc1. The van der Waals surface area contributed by atoms with Gasteiger partial charge in [-0.25, -0.2) is 4.79 Å². The molecule has 1 heterocycles. The van der Waals surface area contributed by atoms with Crippen molar-refractivity contribution in [1.29, 1.82) is 0 Å². The number of fused-ring (bicyclic) bond motifs is 1. The average molecular weight is 571 g/mol. The lowest BCUT2D eigenvalue weighted by atomic mass is 9.95. The van der Waals surface area contributed by atoms with Crippen LogP contribution in [0, 0.1) is 0 Å². The first-order valence-corrected chi connectivity index (χ1v) is 12.8. The van der Waals surface area contributed by atoms with Gasteiger partial charge < -0.3 is 26.0 Å². The van der Waals surface area contributed by atoms with Crippen molar-refractivity contribution < 1.29 is 23.9 Å². The number of hydrogen-bond donors (Lipinski definition) is 3. The van der Waals surface area contributed by atoms with Gasteiger partial charge in [0.15, 0.2) is 0 Å². The van der Waals surface area contributed by atoms with Gasteiger partial charge in [-0.05, 0) is 29.2 Å². The van der Waals surface area contributed by atoms with Gasteiger partial charge in [-0.3, -0.25) is 14.4 Å². The first kappa shape index (κ1) is 29.5. The highest BCUT2D eigenvalue weighted by Gasteiger charge is 2.30. The highest BCUT2D eigenvalue weighted by atomic mass is 35.5. The molecule has 0 aliphatic carbocycles. The second kappa shape index (κ2) is 14.8. The molecule has 4 N–H and O–H groups in total. The first-order valence-electron chi connectivity index (χ1n) is 12.1. The average Bonchev–Trinajstić information content (AvgIpc) is 2.93. The normalized spacial score (nSPS) is 11.9.